The van der Waals surface area contributed by atoms with Crippen molar-refractivity contribution in [1.82, 2.24) is 0 Å². The van der Waals surface area contributed by atoms with Gasteiger partial charge in [-0.2, -0.15) is 0 Å². The number of carbonyl (C=O) groups is 2. The maximum absolute atomic E-state index is 12.9. The van der Waals surface area contributed by atoms with Gasteiger partial charge in [-0.05, 0) is 148 Å². The second-order valence-electron chi connectivity index (χ2n) is 27.7. The quantitative estimate of drug-likeness (QED) is 0.0211. The molecule has 2 atom stereocenters. The van der Waals surface area contributed by atoms with Crippen LogP contribution in [-0.2, 0) is 32.7 Å². The van der Waals surface area contributed by atoms with Gasteiger partial charge in [-0.1, -0.05) is 355 Å². The molecule has 576 valence electrons. The molecule has 0 saturated heterocycles. The predicted octanol–water partition coefficient (Wildman–Crippen LogP) is 27.7. The van der Waals surface area contributed by atoms with E-state index < -0.39 is 26.5 Å². The van der Waals surface area contributed by atoms with E-state index in [4.69, 9.17) is 18.5 Å². The zero-order valence-corrected chi connectivity index (χ0v) is 66.7. The summed E-state index contributed by atoms with van der Waals surface area (Å²) in [6.07, 6.45) is 126. The largest absolute Gasteiger partial charge is 0.472 e. The minimum Gasteiger partial charge on any atom is -0.462 e. The van der Waals surface area contributed by atoms with Gasteiger partial charge in [0.05, 0.1) is 27.7 Å². The van der Waals surface area contributed by atoms with Crippen LogP contribution in [0.1, 0.15) is 309 Å². The number of esters is 2. The highest BCUT2D eigenvalue weighted by atomic mass is 31.2. The van der Waals surface area contributed by atoms with Gasteiger partial charge in [0.1, 0.15) is 19.8 Å². The first-order valence-corrected chi connectivity index (χ1v) is 42.3. The molecule has 0 amide bonds. The molecule has 0 aliphatic rings. The molecule has 0 radical (unpaired) electrons. The molecule has 0 saturated carbocycles. The summed E-state index contributed by atoms with van der Waals surface area (Å²) < 4.78 is 34.7. The van der Waals surface area contributed by atoms with Crippen molar-refractivity contribution >= 4 is 19.8 Å². The third-order valence-electron chi connectivity index (χ3n) is 16.8. The van der Waals surface area contributed by atoms with Gasteiger partial charge in [-0.3, -0.25) is 18.6 Å². The Balaban J connectivity index is 4.08. The average molecular weight is 1430 g/mol. The van der Waals surface area contributed by atoms with Gasteiger partial charge in [-0.25, -0.2) is 4.57 Å². The van der Waals surface area contributed by atoms with E-state index >= 15 is 0 Å². The molecular weight excluding hydrogens is 1280 g/mol. The van der Waals surface area contributed by atoms with Crippen LogP contribution in [0.5, 0.6) is 0 Å². The molecule has 10 heteroatoms. The van der Waals surface area contributed by atoms with E-state index in [1.165, 1.54) is 135 Å². The highest BCUT2D eigenvalue weighted by Crippen LogP contribution is 2.43. The first-order valence-electron chi connectivity index (χ1n) is 40.8. The maximum atomic E-state index is 12.9. The SMILES string of the molecule is CC/C=C\C/C=C\C/C=C\C/C=C\C/C=C\C/C=C\C/C=C\C/C=C\C/C=C\C/C=C\C/C=C\C/C=C\CCCCC(=O)OC(COC(=O)CCCCCCCCCCCCCCCCCCCCCCCCC/C=C\C/C=C\C/C=C\C/C=C\C/C=C\CC)COP(=O)(O)OCC[N+](C)(C)C. The molecule has 9 nitrogen and oxygen atoms in total. The van der Waals surface area contributed by atoms with Crippen LogP contribution in [0.15, 0.2) is 207 Å². The number of rotatable bonds is 73. The molecule has 0 rings (SSSR count). The summed E-state index contributed by atoms with van der Waals surface area (Å²) in [5.41, 5.74) is 0. The van der Waals surface area contributed by atoms with Crippen molar-refractivity contribution in [3.8, 4) is 0 Å². The lowest BCUT2D eigenvalue weighted by molar-refractivity contribution is -0.870. The summed E-state index contributed by atoms with van der Waals surface area (Å²) in [7, 11) is 1.43. The van der Waals surface area contributed by atoms with Crippen molar-refractivity contribution in [1.29, 1.82) is 0 Å². The number of ether oxygens (including phenoxy) is 2. The highest BCUT2D eigenvalue weighted by molar-refractivity contribution is 7.47. The van der Waals surface area contributed by atoms with Gasteiger partial charge >= 0.3 is 19.8 Å². The molecule has 0 fully saturated rings. The maximum Gasteiger partial charge on any atom is 0.472 e. The van der Waals surface area contributed by atoms with Crippen molar-refractivity contribution in [2.75, 3.05) is 47.5 Å². The first-order chi connectivity index (χ1) is 50.0. The van der Waals surface area contributed by atoms with E-state index in [1.807, 2.05) is 21.1 Å². The summed E-state index contributed by atoms with van der Waals surface area (Å²) in [6, 6.07) is 0. The molecule has 1 N–H and O–H groups in total. The number of hydrogen-bond donors (Lipinski definition) is 1. The second kappa shape index (κ2) is 79.7. The predicted molar refractivity (Wildman–Crippen MR) is 445 cm³/mol. The fraction of sp³-hybridized carbons (Fsp3) is 0.609. The lowest BCUT2D eigenvalue weighted by Gasteiger charge is -2.24. The van der Waals surface area contributed by atoms with Crippen LogP contribution in [0.4, 0.5) is 0 Å². The lowest BCUT2D eigenvalue weighted by atomic mass is 10.0. The number of phosphoric acid groups is 1. The molecule has 0 spiro atoms. The Hall–Kier alpha value is -5.41. The van der Waals surface area contributed by atoms with Gasteiger partial charge in [0, 0.05) is 12.8 Å². The number of nitrogens with zero attached hydrogens (tertiary/aromatic N) is 1. The van der Waals surface area contributed by atoms with Crippen molar-refractivity contribution < 1.29 is 42.1 Å². The van der Waals surface area contributed by atoms with Crippen LogP contribution in [0.25, 0.3) is 0 Å². The fourth-order valence-electron chi connectivity index (χ4n) is 10.7. The summed E-state index contributed by atoms with van der Waals surface area (Å²) in [4.78, 5) is 36.0. The number of hydrogen-bond acceptors (Lipinski definition) is 7. The molecule has 102 heavy (non-hydrogen) atoms. The van der Waals surface area contributed by atoms with Crippen LogP contribution in [0.3, 0.4) is 0 Å². The number of quaternary nitrogens is 1. The number of likely N-dealkylation sites (N-methyl/N-ethyl adjacent to an activating group) is 1. The molecule has 2 unspecified atom stereocenters. The molecule has 0 aromatic rings. The zero-order chi connectivity index (χ0) is 74.0. The fourth-order valence-corrected chi connectivity index (χ4v) is 11.4. The molecule has 0 bridgehead atoms. The van der Waals surface area contributed by atoms with E-state index in [1.54, 1.807) is 0 Å². The number of phosphoric ester groups is 1. The van der Waals surface area contributed by atoms with Gasteiger partial charge < -0.3 is 18.9 Å². The van der Waals surface area contributed by atoms with E-state index in [2.05, 4.69) is 220 Å². The van der Waals surface area contributed by atoms with E-state index in [9.17, 15) is 19.0 Å². The minimum atomic E-state index is -4.42. The van der Waals surface area contributed by atoms with Crippen LogP contribution in [-0.4, -0.2) is 74.9 Å². The van der Waals surface area contributed by atoms with Crippen LogP contribution in [0, 0.1) is 0 Å². The first kappa shape index (κ1) is 96.6. The van der Waals surface area contributed by atoms with E-state index in [0.717, 1.165) is 141 Å². The third kappa shape index (κ3) is 83.5. The van der Waals surface area contributed by atoms with E-state index in [0.29, 0.717) is 17.4 Å². The number of carbonyl (C=O) groups excluding carboxylic acids is 2. The normalized spacial score (nSPS) is 14.1. The average Bonchev–Trinajstić information content (AvgIpc) is 0.914. The Morgan fingerprint density at radius 2 is 0.529 bits per heavy atom. The molecule has 0 aromatic heterocycles. The minimum absolute atomic E-state index is 0.0143. The van der Waals surface area contributed by atoms with Gasteiger partial charge in [0.2, 0.25) is 0 Å². The topological polar surface area (TPSA) is 108 Å². The molecule has 0 heterocycles. The van der Waals surface area contributed by atoms with Crippen LogP contribution < -0.4 is 0 Å². The Morgan fingerprint density at radius 3 is 0.804 bits per heavy atom. The number of unbranched alkanes of at least 4 members (excludes halogenated alkanes) is 25. The smallest absolute Gasteiger partial charge is 0.462 e. The monoisotopic (exact) mass is 1430 g/mol. The Labute approximate surface area is 627 Å². The third-order valence-corrected chi connectivity index (χ3v) is 17.8. The van der Waals surface area contributed by atoms with Crippen LogP contribution >= 0.6 is 7.82 Å². The summed E-state index contributed by atoms with van der Waals surface area (Å²) in [5, 5.41) is 0. The molecule has 0 aromatic carbocycles. The van der Waals surface area contributed by atoms with Crippen molar-refractivity contribution in [3.63, 3.8) is 0 Å². The van der Waals surface area contributed by atoms with Gasteiger partial charge in [0.15, 0.2) is 6.10 Å². The van der Waals surface area contributed by atoms with Crippen molar-refractivity contribution in [3.05, 3.63) is 207 Å². The molecule has 0 aliphatic heterocycles. The highest BCUT2D eigenvalue weighted by Gasteiger charge is 2.27. The molecule has 0 aliphatic carbocycles. The number of allylic oxidation sites excluding steroid dienone is 34. The van der Waals surface area contributed by atoms with Crippen LogP contribution in [0.2, 0.25) is 0 Å². The van der Waals surface area contributed by atoms with Gasteiger partial charge in [-0.15, -0.1) is 0 Å². The second-order valence-corrected chi connectivity index (χ2v) is 29.1. The summed E-state index contributed by atoms with van der Waals surface area (Å²) in [6.45, 7) is 4.16. The Kier molecular flexibility index (Phi) is 75.5. The van der Waals surface area contributed by atoms with E-state index in [-0.39, 0.29) is 32.0 Å². The van der Waals surface area contributed by atoms with Crippen molar-refractivity contribution in [2.24, 2.45) is 0 Å². The van der Waals surface area contributed by atoms with Crippen molar-refractivity contribution in [2.45, 2.75) is 315 Å². The summed E-state index contributed by atoms with van der Waals surface area (Å²) in [5.74, 6) is -0.853. The zero-order valence-electron chi connectivity index (χ0n) is 65.8. The molecular formula is C92H151NO8P+. The Morgan fingerprint density at radius 1 is 0.304 bits per heavy atom. The van der Waals surface area contributed by atoms with Gasteiger partial charge in [0.25, 0.3) is 0 Å². The Bertz CT molecular complexity index is 2480. The standard InChI is InChI=1S/C92H150NO8P/c1-6-8-10-12-14-16-18-20-22-24-26-28-30-32-34-36-38-40-42-44-46-48-50-52-54-56-58-60-62-64-66-68-70-72-74-76-78-80-82-84-91(94)98-88-90(89-100-102(96,97)99-87-86-93(3,4)5)101-92(95)85-83-81-79-77-75-73-71-69-67-65-63-61-59-57-55-53-51-49-47-45-43-41-39-37-35-33-31-29-27-25-23-21-19-17-15-13-11-9-7-2/h8-11,14-17,20-23,26-29,32-35,39,41,45,47,51,53,57,59,63,65,69,71,75,77,90H,6-7,12-13,18-19,24-25,30-31,36-38,40,42-44,46,48-50,52,54-56,58,60-62,64,66-68,70,72-74,76,78-89H2,1-5H3/p+1/b10-8-,11-9-,16-14-,17-15-,22-20-,23-21-,28-26-,29-27-,34-32-,35-33-,41-39-,47-45-,53-51-,59-57-,65-63-,71-69-,77-75-. The lowest BCUT2D eigenvalue weighted by Crippen LogP contribution is -2.37. The summed E-state index contributed by atoms with van der Waals surface area (Å²) >= 11 is 0.